The van der Waals surface area contributed by atoms with Gasteiger partial charge in [-0.15, -0.1) is 0 Å². The van der Waals surface area contributed by atoms with Gasteiger partial charge in [-0.1, -0.05) is 6.58 Å². The molecule has 1 amide bonds. The van der Waals surface area contributed by atoms with E-state index in [2.05, 4.69) is 11.9 Å². The molecule has 1 aromatic carbocycles. The van der Waals surface area contributed by atoms with Crippen molar-refractivity contribution in [1.82, 2.24) is 5.32 Å². The van der Waals surface area contributed by atoms with Gasteiger partial charge in [0.1, 0.15) is 5.82 Å². The second kappa shape index (κ2) is 4.50. The van der Waals surface area contributed by atoms with E-state index in [9.17, 15) is 14.0 Å². The minimum atomic E-state index is -0.426. The predicted octanol–water partition coefficient (Wildman–Crippen LogP) is 1.66. The Morgan fingerprint density at radius 2 is 1.80 bits per heavy atom. The van der Waals surface area contributed by atoms with Crippen molar-refractivity contribution in [2.75, 3.05) is 0 Å². The molecule has 0 aliphatic carbocycles. The largest absolute Gasteiger partial charge is 0.324 e. The predicted molar refractivity (Wildman–Crippen MR) is 53.7 cm³/mol. The minimum Gasteiger partial charge on any atom is -0.324 e. The fraction of sp³-hybridized carbons (Fsp3) is 0.0909. The molecule has 0 heterocycles. The number of carbonyl (C=O) groups is 2. The van der Waals surface area contributed by atoms with Gasteiger partial charge in [0.05, 0.1) is 5.70 Å². The van der Waals surface area contributed by atoms with Gasteiger partial charge < -0.3 is 5.32 Å². The maximum absolute atomic E-state index is 12.6. The van der Waals surface area contributed by atoms with Crippen LogP contribution in [-0.2, 0) is 4.79 Å². The van der Waals surface area contributed by atoms with Crippen molar-refractivity contribution in [3.05, 3.63) is 47.9 Å². The molecule has 15 heavy (non-hydrogen) atoms. The average molecular weight is 207 g/mol. The summed E-state index contributed by atoms with van der Waals surface area (Å²) in [6, 6.07) is 5.03. The number of hydrogen-bond donors (Lipinski definition) is 1. The first-order valence-corrected chi connectivity index (χ1v) is 4.27. The Morgan fingerprint density at radius 3 is 2.27 bits per heavy atom. The molecule has 0 unspecified atom stereocenters. The molecule has 0 aromatic heterocycles. The van der Waals surface area contributed by atoms with Crippen molar-refractivity contribution in [2.24, 2.45) is 0 Å². The molecule has 0 radical (unpaired) electrons. The summed E-state index contributed by atoms with van der Waals surface area (Å²) in [6.45, 7) is 4.70. The zero-order valence-electron chi connectivity index (χ0n) is 8.21. The number of hydrogen-bond acceptors (Lipinski definition) is 2. The normalized spacial score (nSPS) is 9.47. The molecule has 1 rings (SSSR count). The van der Waals surface area contributed by atoms with Gasteiger partial charge in [0.15, 0.2) is 0 Å². The van der Waals surface area contributed by atoms with Crippen LogP contribution >= 0.6 is 0 Å². The molecular weight excluding hydrogens is 197 g/mol. The van der Waals surface area contributed by atoms with Crippen molar-refractivity contribution < 1.29 is 14.0 Å². The van der Waals surface area contributed by atoms with E-state index in [0.29, 0.717) is 0 Å². The van der Waals surface area contributed by atoms with E-state index in [1.54, 1.807) is 0 Å². The Kier molecular flexibility index (Phi) is 3.33. The lowest BCUT2D eigenvalue weighted by atomic mass is 10.1. The van der Waals surface area contributed by atoms with Crippen LogP contribution in [0.1, 0.15) is 17.3 Å². The number of amides is 1. The van der Waals surface area contributed by atoms with E-state index < -0.39 is 11.6 Å². The summed E-state index contributed by atoms with van der Waals surface area (Å²) in [4.78, 5) is 22.2. The number of ketones is 1. The Bertz CT molecular complexity index is 409. The summed E-state index contributed by atoms with van der Waals surface area (Å²) >= 11 is 0. The minimum absolute atomic E-state index is 0.0193. The molecular formula is C11H10FNO2. The van der Waals surface area contributed by atoms with Crippen LogP contribution < -0.4 is 5.32 Å². The quantitative estimate of drug-likeness (QED) is 0.605. The van der Waals surface area contributed by atoms with Crippen LogP contribution in [0.4, 0.5) is 4.39 Å². The SMILES string of the molecule is C=C(NC(C)=O)C(=O)c1ccc(F)cc1. The van der Waals surface area contributed by atoms with Crippen molar-refractivity contribution >= 4 is 11.7 Å². The molecule has 0 saturated carbocycles. The summed E-state index contributed by atoms with van der Waals surface area (Å²) in [5, 5.41) is 2.28. The molecule has 1 N–H and O–H groups in total. The van der Waals surface area contributed by atoms with Gasteiger partial charge >= 0.3 is 0 Å². The summed E-state index contributed by atoms with van der Waals surface area (Å²) in [7, 11) is 0. The number of benzene rings is 1. The third-order valence-electron chi connectivity index (χ3n) is 1.71. The lowest BCUT2D eigenvalue weighted by Gasteiger charge is -2.04. The van der Waals surface area contributed by atoms with Crippen LogP contribution in [0.15, 0.2) is 36.5 Å². The second-order valence-corrected chi connectivity index (χ2v) is 3.00. The first kappa shape index (κ1) is 11.1. The lowest BCUT2D eigenvalue weighted by molar-refractivity contribution is -0.118. The van der Waals surface area contributed by atoms with Crippen LogP contribution in [0.25, 0.3) is 0 Å². The number of nitrogens with one attached hydrogen (secondary N) is 1. The maximum atomic E-state index is 12.6. The molecule has 0 aliphatic heterocycles. The van der Waals surface area contributed by atoms with Crippen molar-refractivity contribution in [3.63, 3.8) is 0 Å². The first-order valence-electron chi connectivity index (χ1n) is 4.27. The van der Waals surface area contributed by atoms with Crippen LogP contribution in [0.2, 0.25) is 0 Å². The summed E-state index contributed by atoms with van der Waals surface area (Å²) < 4.78 is 12.6. The van der Waals surface area contributed by atoms with E-state index >= 15 is 0 Å². The fourth-order valence-corrected chi connectivity index (χ4v) is 1.04. The van der Waals surface area contributed by atoms with E-state index in [-0.39, 0.29) is 17.2 Å². The van der Waals surface area contributed by atoms with Crippen LogP contribution in [0, 0.1) is 5.82 Å². The number of rotatable bonds is 3. The topological polar surface area (TPSA) is 46.2 Å². The number of carbonyl (C=O) groups excluding carboxylic acids is 2. The molecule has 0 spiro atoms. The van der Waals surface area contributed by atoms with Gasteiger partial charge in [0, 0.05) is 12.5 Å². The molecule has 4 heteroatoms. The van der Waals surface area contributed by atoms with Crippen LogP contribution in [0.5, 0.6) is 0 Å². The van der Waals surface area contributed by atoms with Crippen molar-refractivity contribution in [2.45, 2.75) is 6.92 Å². The van der Waals surface area contributed by atoms with E-state index in [1.165, 1.54) is 31.2 Å². The highest BCUT2D eigenvalue weighted by Gasteiger charge is 2.10. The van der Waals surface area contributed by atoms with Crippen LogP contribution in [-0.4, -0.2) is 11.7 Å². The lowest BCUT2D eigenvalue weighted by Crippen LogP contribution is -2.24. The van der Waals surface area contributed by atoms with E-state index in [0.717, 1.165) is 0 Å². The van der Waals surface area contributed by atoms with Gasteiger partial charge in [-0.2, -0.15) is 0 Å². The van der Waals surface area contributed by atoms with Gasteiger partial charge in [0.25, 0.3) is 0 Å². The Hall–Kier alpha value is -1.97. The monoisotopic (exact) mass is 207 g/mol. The van der Waals surface area contributed by atoms with Gasteiger partial charge in [-0.05, 0) is 24.3 Å². The van der Waals surface area contributed by atoms with E-state index in [4.69, 9.17) is 0 Å². The Morgan fingerprint density at radius 1 is 1.27 bits per heavy atom. The zero-order valence-corrected chi connectivity index (χ0v) is 8.21. The van der Waals surface area contributed by atoms with Gasteiger partial charge in [0.2, 0.25) is 11.7 Å². The maximum Gasteiger partial charge on any atom is 0.221 e. The highest BCUT2D eigenvalue weighted by atomic mass is 19.1. The molecule has 0 saturated heterocycles. The summed E-state index contributed by atoms with van der Waals surface area (Å²) in [5.41, 5.74) is 0.268. The molecule has 78 valence electrons. The summed E-state index contributed by atoms with van der Waals surface area (Å²) in [5.74, 6) is -1.21. The second-order valence-electron chi connectivity index (χ2n) is 3.00. The Balaban J connectivity index is 2.81. The smallest absolute Gasteiger partial charge is 0.221 e. The summed E-state index contributed by atoms with van der Waals surface area (Å²) in [6.07, 6.45) is 0. The molecule has 1 aromatic rings. The van der Waals surface area contributed by atoms with Crippen molar-refractivity contribution in [3.8, 4) is 0 Å². The van der Waals surface area contributed by atoms with Crippen molar-refractivity contribution in [1.29, 1.82) is 0 Å². The Labute approximate surface area is 86.6 Å². The molecule has 0 aliphatic rings. The third-order valence-corrected chi connectivity index (χ3v) is 1.71. The fourth-order valence-electron chi connectivity index (χ4n) is 1.04. The molecule has 0 fully saturated rings. The number of halogens is 1. The molecule has 0 bridgehead atoms. The standard InChI is InChI=1S/C11H10FNO2/c1-7(13-8(2)14)11(15)9-3-5-10(12)6-4-9/h3-6H,1H2,2H3,(H,13,14). The van der Waals surface area contributed by atoms with E-state index in [1.807, 2.05) is 0 Å². The van der Waals surface area contributed by atoms with Gasteiger partial charge in [-0.25, -0.2) is 4.39 Å². The third kappa shape index (κ3) is 3.02. The average Bonchev–Trinajstić information content (AvgIpc) is 2.17. The zero-order chi connectivity index (χ0) is 11.4. The highest BCUT2D eigenvalue weighted by molar-refractivity contribution is 6.09. The number of allylic oxidation sites excluding steroid dienone is 1. The first-order chi connectivity index (χ1) is 7.00. The number of Topliss-reactive ketones (excluding diaryl/α,β-unsaturated/α-hetero) is 1. The molecule has 0 atom stereocenters. The molecule has 3 nitrogen and oxygen atoms in total. The van der Waals surface area contributed by atoms with Gasteiger partial charge in [-0.3, -0.25) is 9.59 Å². The highest BCUT2D eigenvalue weighted by Crippen LogP contribution is 2.06. The van der Waals surface area contributed by atoms with Crippen LogP contribution in [0.3, 0.4) is 0 Å².